The van der Waals surface area contributed by atoms with Crippen molar-refractivity contribution in [2.24, 2.45) is 0 Å². The van der Waals surface area contributed by atoms with E-state index in [4.69, 9.17) is 4.74 Å². The van der Waals surface area contributed by atoms with Gasteiger partial charge in [0.25, 0.3) is 0 Å². The predicted octanol–water partition coefficient (Wildman–Crippen LogP) is -0.286. The average molecular weight is 214 g/mol. The van der Waals surface area contributed by atoms with Gasteiger partial charge in [-0.1, -0.05) is 0 Å². The highest BCUT2D eigenvalue weighted by molar-refractivity contribution is 5.73. The Labute approximate surface area is 90.0 Å². The SMILES string of the molecule is CC(=O)OCCN1CCN(C(C)=O)CC1. The van der Waals surface area contributed by atoms with Crippen molar-refractivity contribution in [1.29, 1.82) is 0 Å². The number of hydrogen-bond donors (Lipinski definition) is 0. The maximum atomic E-state index is 11.0. The second-order valence-corrected chi connectivity index (χ2v) is 3.69. The van der Waals surface area contributed by atoms with Crippen LogP contribution in [0.25, 0.3) is 0 Å². The molecule has 1 fully saturated rings. The lowest BCUT2D eigenvalue weighted by Gasteiger charge is -2.33. The van der Waals surface area contributed by atoms with Crippen molar-refractivity contribution < 1.29 is 14.3 Å². The summed E-state index contributed by atoms with van der Waals surface area (Å²) in [5, 5.41) is 0. The lowest BCUT2D eigenvalue weighted by atomic mass is 10.3. The number of piperazine rings is 1. The second kappa shape index (κ2) is 5.70. The van der Waals surface area contributed by atoms with Gasteiger partial charge < -0.3 is 9.64 Å². The molecular weight excluding hydrogens is 196 g/mol. The van der Waals surface area contributed by atoms with E-state index in [0.717, 1.165) is 32.7 Å². The first-order valence-electron chi connectivity index (χ1n) is 5.21. The zero-order chi connectivity index (χ0) is 11.3. The first-order chi connectivity index (χ1) is 7.09. The molecule has 5 heteroatoms. The number of ether oxygens (including phenoxy) is 1. The molecule has 0 aromatic heterocycles. The summed E-state index contributed by atoms with van der Waals surface area (Å²) in [5.41, 5.74) is 0. The number of esters is 1. The van der Waals surface area contributed by atoms with Gasteiger partial charge in [-0.25, -0.2) is 0 Å². The molecule has 0 saturated carbocycles. The Morgan fingerprint density at radius 3 is 2.20 bits per heavy atom. The topological polar surface area (TPSA) is 49.9 Å². The van der Waals surface area contributed by atoms with Crippen LogP contribution in [0.3, 0.4) is 0 Å². The van der Waals surface area contributed by atoms with Crippen LogP contribution in [0.1, 0.15) is 13.8 Å². The summed E-state index contributed by atoms with van der Waals surface area (Å²) in [6.07, 6.45) is 0. The minimum absolute atomic E-state index is 0.134. The molecule has 0 aromatic rings. The monoisotopic (exact) mass is 214 g/mol. The van der Waals surface area contributed by atoms with Crippen LogP contribution in [0.5, 0.6) is 0 Å². The number of rotatable bonds is 3. The first-order valence-corrected chi connectivity index (χ1v) is 5.21. The van der Waals surface area contributed by atoms with E-state index in [-0.39, 0.29) is 11.9 Å². The van der Waals surface area contributed by atoms with Crippen LogP contribution in [-0.4, -0.2) is 61.0 Å². The van der Waals surface area contributed by atoms with Crippen LogP contribution in [0.4, 0.5) is 0 Å². The third kappa shape index (κ3) is 4.29. The lowest BCUT2D eigenvalue weighted by molar-refractivity contribution is -0.141. The third-order valence-electron chi connectivity index (χ3n) is 2.53. The van der Waals surface area contributed by atoms with E-state index in [2.05, 4.69) is 4.90 Å². The van der Waals surface area contributed by atoms with Gasteiger partial charge in [0.15, 0.2) is 0 Å². The number of nitrogens with zero attached hydrogens (tertiary/aromatic N) is 2. The van der Waals surface area contributed by atoms with Gasteiger partial charge in [-0.15, -0.1) is 0 Å². The van der Waals surface area contributed by atoms with Crippen LogP contribution < -0.4 is 0 Å². The Hall–Kier alpha value is -1.10. The fraction of sp³-hybridized carbons (Fsp3) is 0.800. The van der Waals surface area contributed by atoms with Gasteiger partial charge in [0, 0.05) is 46.6 Å². The van der Waals surface area contributed by atoms with E-state index < -0.39 is 0 Å². The van der Waals surface area contributed by atoms with Crippen LogP contribution >= 0.6 is 0 Å². The molecule has 0 aromatic carbocycles. The molecule has 5 nitrogen and oxygen atoms in total. The van der Waals surface area contributed by atoms with Crippen molar-refractivity contribution >= 4 is 11.9 Å². The maximum absolute atomic E-state index is 11.0. The van der Waals surface area contributed by atoms with Gasteiger partial charge in [0.05, 0.1) is 0 Å². The molecule has 0 atom stereocenters. The zero-order valence-electron chi connectivity index (χ0n) is 9.36. The van der Waals surface area contributed by atoms with Crippen LogP contribution in [0.15, 0.2) is 0 Å². The quantitative estimate of drug-likeness (QED) is 0.606. The van der Waals surface area contributed by atoms with Crippen molar-refractivity contribution in [3.05, 3.63) is 0 Å². The average Bonchev–Trinajstić information content (AvgIpc) is 2.18. The van der Waals surface area contributed by atoms with Crippen molar-refractivity contribution in [3.8, 4) is 0 Å². The number of hydrogen-bond acceptors (Lipinski definition) is 4. The Morgan fingerprint density at radius 1 is 1.13 bits per heavy atom. The predicted molar refractivity (Wildman–Crippen MR) is 55.3 cm³/mol. The van der Waals surface area contributed by atoms with E-state index in [0.29, 0.717) is 6.61 Å². The Bertz CT molecular complexity index is 232. The summed E-state index contributed by atoms with van der Waals surface area (Å²) in [5.74, 6) is -0.105. The summed E-state index contributed by atoms with van der Waals surface area (Å²) in [6, 6.07) is 0. The molecule has 1 aliphatic heterocycles. The Balaban J connectivity index is 2.14. The highest BCUT2D eigenvalue weighted by Crippen LogP contribution is 2.01. The van der Waals surface area contributed by atoms with Crippen molar-refractivity contribution in [1.82, 2.24) is 9.80 Å². The molecule has 1 amide bonds. The summed E-state index contributed by atoms with van der Waals surface area (Å²) in [6.45, 7) is 7.47. The minimum Gasteiger partial charge on any atom is -0.465 e. The van der Waals surface area contributed by atoms with Gasteiger partial charge in [0.2, 0.25) is 5.91 Å². The van der Waals surface area contributed by atoms with Crippen molar-refractivity contribution in [3.63, 3.8) is 0 Å². The summed E-state index contributed by atoms with van der Waals surface area (Å²) in [7, 11) is 0. The molecule has 15 heavy (non-hydrogen) atoms. The molecule has 1 rings (SSSR count). The molecule has 0 bridgehead atoms. The van der Waals surface area contributed by atoms with Crippen LogP contribution in [0, 0.1) is 0 Å². The maximum Gasteiger partial charge on any atom is 0.302 e. The normalized spacial score (nSPS) is 17.6. The number of carbonyl (C=O) groups is 2. The number of carbonyl (C=O) groups excluding carboxylic acids is 2. The van der Waals surface area contributed by atoms with E-state index in [1.54, 1.807) is 6.92 Å². The van der Waals surface area contributed by atoms with Gasteiger partial charge in [-0.3, -0.25) is 14.5 Å². The lowest BCUT2D eigenvalue weighted by Crippen LogP contribution is -2.48. The molecule has 1 heterocycles. The molecule has 0 aliphatic carbocycles. The Morgan fingerprint density at radius 2 is 1.73 bits per heavy atom. The summed E-state index contributed by atoms with van der Waals surface area (Å²) < 4.78 is 4.86. The largest absolute Gasteiger partial charge is 0.465 e. The van der Waals surface area contributed by atoms with Crippen molar-refractivity contribution in [2.75, 3.05) is 39.3 Å². The van der Waals surface area contributed by atoms with E-state index >= 15 is 0 Å². The van der Waals surface area contributed by atoms with Gasteiger partial charge in [0.1, 0.15) is 6.61 Å². The highest BCUT2D eigenvalue weighted by atomic mass is 16.5. The third-order valence-corrected chi connectivity index (χ3v) is 2.53. The molecule has 0 radical (unpaired) electrons. The van der Waals surface area contributed by atoms with E-state index in [9.17, 15) is 9.59 Å². The first kappa shape index (κ1) is 12.0. The molecule has 1 saturated heterocycles. The van der Waals surface area contributed by atoms with Gasteiger partial charge >= 0.3 is 5.97 Å². The molecule has 0 N–H and O–H groups in total. The highest BCUT2D eigenvalue weighted by Gasteiger charge is 2.17. The van der Waals surface area contributed by atoms with Crippen LogP contribution in [0.2, 0.25) is 0 Å². The Kier molecular flexibility index (Phi) is 4.55. The van der Waals surface area contributed by atoms with Gasteiger partial charge in [-0.2, -0.15) is 0 Å². The molecule has 1 aliphatic rings. The van der Waals surface area contributed by atoms with E-state index in [1.807, 2.05) is 4.90 Å². The molecule has 0 spiro atoms. The van der Waals surface area contributed by atoms with E-state index in [1.165, 1.54) is 6.92 Å². The standard InChI is InChI=1S/C10H18N2O3/c1-9(13)12-5-3-11(4-6-12)7-8-15-10(2)14/h3-8H2,1-2H3. The molecule has 86 valence electrons. The smallest absolute Gasteiger partial charge is 0.302 e. The fourth-order valence-corrected chi connectivity index (χ4v) is 1.60. The summed E-state index contributed by atoms with van der Waals surface area (Å²) in [4.78, 5) is 25.6. The number of amides is 1. The minimum atomic E-state index is -0.239. The second-order valence-electron chi connectivity index (χ2n) is 3.69. The zero-order valence-corrected chi connectivity index (χ0v) is 9.36. The van der Waals surface area contributed by atoms with Crippen molar-refractivity contribution in [2.45, 2.75) is 13.8 Å². The molecule has 0 unspecified atom stereocenters. The summed E-state index contributed by atoms with van der Waals surface area (Å²) >= 11 is 0. The fourth-order valence-electron chi connectivity index (χ4n) is 1.60. The molecular formula is C10H18N2O3. The van der Waals surface area contributed by atoms with Gasteiger partial charge in [-0.05, 0) is 0 Å². The van der Waals surface area contributed by atoms with Crippen LogP contribution in [-0.2, 0) is 14.3 Å².